The van der Waals surface area contributed by atoms with Gasteiger partial charge in [-0.05, 0) is 125 Å². The largest absolute Gasteiger partial charge is 0.506 e. The van der Waals surface area contributed by atoms with Crippen molar-refractivity contribution in [2.24, 2.45) is 0 Å². The number of hydrogen-bond donors (Lipinski definition) is 5. The van der Waals surface area contributed by atoms with Crippen molar-refractivity contribution < 1.29 is 38.1 Å². The molecule has 0 radical (unpaired) electrons. The third-order valence-electron chi connectivity index (χ3n) is 5.88. The second kappa shape index (κ2) is 13.1. The Bertz CT molecular complexity index is 1460. The Hall–Kier alpha value is -2.63. The Morgan fingerprint density at radius 3 is 2.18 bits per heavy atom. The third-order valence-corrected chi connectivity index (χ3v) is 8.86. The van der Waals surface area contributed by atoms with Gasteiger partial charge < -0.3 is 25.4 Å². The second-order valence-corrected chi connectivity index (χ2v) is 12.7. The standard InChI is InChI=1S/C24H24I2N2O4S.C2H2O4/c1-14-3-5-17(6-4-14)33(30,31)28-22-13-18-16(12-23(22)29)7-8-27-21(18)11-15-9-19(25)24(32-2)20(26)10-15;3-1(4)2(5)6/h3-6,9-10,12-13,21,27-29H,7-8,11H2,1-2H3;(H,3,4)(H,5,6)/t21-;/m0./s1. The lowest BCUT2D eigenvalue weighted by Crippen LogP contribution is -2.31. The molecule has 208 valence electrons. The lowest BCUT2D eigenvalue weighted by Gasteiger charge is -2.28. The van der Waals surface area contributed by atoms with Crippen LogP contribution < -0.4 is 14.8 Å². The Kier molecular flexibility index (Phi) is 10.4. The summed E-state index contributed by atoms with van der Waals surface area (Å²) in [5, 5.41) is 28.9. The number of carbonyl (C=O) groups is 2. The van der Waals surface area contributed by atoms with E-state index in [-0.39, 0.29) is 22.4 Å². The summed E-state index contributed by atoms with van der Waals surface area (Å²) < 4.78 is 35.9. The van der Waals surface area contributed by atoms with Crippen LogP contribution in [0.15, 0.2) is 53.4 Å². The average Bonchev–Trinajstić information content (AvgIpc) is 2.85. The number of benzene rings is 3. The first-order chi connectivity index (χ1) is 18.3. The maximum Gasteiger partial charge on any atom is 0.414 e. The minimum Gasteiger partial charge on any atom is -0.506 e. The molecule has 4 rings (SSSR count). The minimum absolute atomic E-state index is 0.00280. The zero-order chi connectivity index (χ0) is 28.9. The summed E-state index contributed by atoms with van der Waals surface area (Å²) in [5.74, 6) is -2.85. The highest BCUT2D eigenvalue weighted by Gasteiger charge is 2.25. The number of phenols is 1. The molecule has 0 aromatic heterocycles. The maximum atomic E-state index is 12.9. The zero-order valence-corrected chi connectivity index (χ0v) is 26.0. The van der Waals surface area contributed by atoms with Crippen LogP contribution in [0.3, 0.4) is 0 Å². The van der Waals surface area contributed by atoms with E-state index in [1.807, 2.05) is 6.92 Å². The topological polar surface area (TPSA) is 162 Å². The van der Waals surface area contributed by atoms with Crippen molar-refractivity contribution in [2.75, 3.05) is 18.4 Å². The minimum atomic E-state index is -3.82. The van der Waals surface area contributed by atoms with Gasteiger partial charge in [0.2, 0.25) is 0 Å². The van der Waals surface area contributed by atoms with E-state index in [2.05, 4.69) is 67.4 Å². The fourth-order valence-electron chi connectivity index (χ4n) is 4.03. The van der Waals surface area contributed by atoms with Crippen LogP contribution in [0.2, 0.25) is 0 Å². The summed E-state index contributed by atoms with van der Waals surface area (Å²) in [6.45, 7) is 2.69. The molecule has 13 heteroatoms. The SMILES string of the molecule is COc1c(I)cc(C[C@@H]2NCCc3cc(O)c(NS(=O)(=O)c4ccc(C)cc4)cc32)cc1I.O=C(O)C(=O)O. The van der Waals surface area contributed by atoms with Crippen LogP contribution in [0.5, 0.6) is 11.5 Å². The van der Waals surface area contributed by atoms with Crippen molar-refractivity contribution in [1.29, 1.82) is 0 Å². The van der Waals surface area contributed by atoms with Gasteiger partial charge in [-0.25, -0.2) is 18.0 Å². The summed E-state index contributed by atoms with van der Waals surface area (Å²) in [6.07, 6.45) is 1.50. The van der Waals surface area contributed by atoms with Gasteiger partial charge in [0, 0.05) is 6.04 Å². The molecule has 1 aliphatic rings. The highest BCUT2D eigenvalue weighted by atomic mass is 127. The Balaban J connectivity index is 0.000000631. The summed E-state index contributed by atoms with van der Waals surface area (Å²) in [5.41, 5.74) is 4.32. The van der Waals surface area contributed by atoms with E-state index in [1.165, 1.54) is 0 Å². The molecule has 1 atom stereocenters. The van der Waals surface area contributed by atoms with E-state index < -0.39 is 22.0 Å². The van der Waals surface area contributed by atoms with Crippen molar-refractivity contribution in [3.63, 3.8) is 0 Å². The Labute approximate surface area is 253 Å². The molecule has 1 heterocycles. The molecular weight excluding hydrogens is 754 g/mol. The predicted octanol–water partition coefficient (Wildman–Crippen LogP) is 4.30. The molecule has 0 amide bonds. The molecule has 3 aromatic carbocycles. The van der Waals surface area contributed by atoms with Crippen LogP contribution in [0.4, 0.5) is 5.69 Å². The fraction of sp³-hybridized carbons (Fsp3) is 0.231. The first-order valence-corrected chi connectivity index (χ1v) is 15.1. The molecule has 10 nitrogen and oxygen atoms in total. The average molecular weight is 780 g/mol. The number of methoxy groups -OCH3 is 1. The number of aryl methyl sites for hydroxylation is 1. The number of aliphatic carboxylic acids is 2. The van der Waals surface area contributed by atoms with Gasteiger partial charge in [0.25, 0.3) is 10.0 Å². The smallest absolute Gasteiger partial charge is 0.414 e. The highest BCUT2D eigenvalue weighted by Crippen LogP contribution is 2.36. The number of carboxylic acid groups (broad SMARTS) is 2. The van der Waals surface area contributed by atoms with Crippen LogP contribution in [-0.2, 0) is 32.5 Å². The number of anilines is 1. The van der Waals surface area contributed by atoms with Crippen molar-refractivity contribution >= 4 is 72.8 Å². The molecule has 39 heavy (non-hydrogen) atoms. The van der Waals surface area contributed by atoms with Crippen molar-refractivity contribution in [1.82, 2.24) is 5.32 Å². The predicted molar refractivity (Wildman–Crippen MR) is 162 cm³/mol. The molecule has 0 saturated heterocycles. The highest BCUT2D eigenvalue weighted by molar-refractivity contribution is 14.1. The summed E-state index contributed by atoms with van der Waals surface area (Å²) in [4.78, 5) is 18.4. The van der Waals surface area contributed by atoms with E-state index in [4.69, 9.17) is 24.5 Å². The van der Waals surface area contributed by atoms with E-state index in [9.17, 15) is 13.5 Å². The number of rotatable bonds is 6. The van der Waals surface area contributed by atoms with Crippen LogP contribution in [-0.4, -0.2) is 49.3 Å². The second-order valence-electron chi connectivity index (χ2n) is 8.65. The van der Waals surface area contributed by atoms with E-state index in [1.54, 1.807) is 43.5 Å². The molecule has 3 aromatic rings. The van der Waals surface area contributed by atoms with Gasteiger partial charge in [-0.3, -0.25) is 4.72 Å². The van der Waals surface area contributed by atoms with Gasteiger partial charge in [-0.1, -0.05) is 17.7 Å². The summed E-state index contributed by atoms with van der Waals surface area (Å²) in [7, 11) is -2.15. The molecule has 0 bridgehead atoms. The number of hydrogen-bond acceptors (Lipinski definition) is 7. The Morgan fingerprint density at radius 1 is 1.05 bits per heavy atom. The first-order valence-electron chi connectivity index (χ1n) is 11.5. The summed E-state index contributed by atoms with van der Waals surface area (Å²) >= 11 is 4.56. The molecule has 0 spiro atoms. The van der Waals surface area contributed by atoms with E-state index >= 15 is 0 Å². The number of phenolic OH excluding ortho intramolecular Hbond substituents is 1. The van der Waals surface area contributed by atoms with E-state index in [0.717, 1.165) is 54.5 Å². The molecule has 0 unspecified atom stereocenters. The Morgan fingerprint density at radius 2 is 1.64 bits per heavy atom. The van der Waals surface area contributed by atoms with Gasteiger partial charge in [-0.15, -0.1) is 0 Å². The molecule has 0 aliphatic carbocycles. The lowest BCUT2D eigenvalue weighted by atomic mass is 9.89. The van der Waals surface area contributed by atoms with Gasteiger partial charge in [0.1, 0.15) is 11.5 Å². The van der Waals surface area contributed by atoms with Crippen LogP contribution in [0, 0.1) is 14.1 Å². The molecule has 5 N–H and O–H groups in total. The fourth-order valence-corrected chi connectivity index (χ4v) is 7.43. The van der Waals surface area contributed by atoms with Gasteiger partial charge in [0.15, 0.2) is 0 Å². The molecular formula is C26H26I2N2O8S. The quantitative estimate of drug-likeness (QED) is 0.140. The number of halogens is 2. The number of ether oxygens (including phenoxy) is 1. The third kappa shape index (κ3) is 7.95. The molecule has 1 aliphatic heterocycles. The van der Waals surface area contributed by atoms with Crippen LogP contribution in [0.1, 0.15) is 28.3 Å². The van der Waals surface area contributed by atoms with Crippen molar-refractivity contribution in [3.05, 3.63) is 77.9 Å². The van der Waals surface area contributed by atoms with Crippen molar-refractivity contribution in [2.45, 2.75) is 30.7 Å². The number of fused-ring (bicyclic) bond motifs is 1. The van der Waals surface area contributed by atoms with Crippen molar-refractivity contribution in [3.8, 4) is 11.5 Å². The van der Waals surface area contributed by atoms with Gasteiger partial charge >= 0.3 is 11.9 Å². The van der Waals surface area contributed by atoms with Crippen LogP contribution >= 0.6 is 45.2 Å². The normalized spacial score (nSPS) is 14.4. The van der Waals surface area contributed by atoms with Gasteiger partial charge in [0.05, 0.1) is 24.8 Å². The molecule has 0 fully saturated rings. The lowest BCUT2D eigenvalue weighted by molar-refractivity contribution is -0.159. The number of carboxylic acids is 2. The maximum absolute atomic E-state index is 12.9. The van der Waals surface area contributed by atoms with Crippen LogP contribution in [0.25, 0.3) is 0 Å². The number of sulfonamides is 1. The molecule has 0 saturated carbocycles. The monoisotopic (exact) mass is 780 g/mol. The number of aromatic hydroxyl groups is 1. The number of nitrogens with one attached hydrogen (secondary N) is 2. The summed E-state index contributed by atoms with van der Waals surface area (Å²) in [6, 6.07) is 14.3. The van der Waals surface area contributed by atoms with Gasteiger partial charge in [-0.2, -0.15) is 0 Å². The first kappa shape index (κ1) is 30.9. The zero-order valence-electron chi connectivity index (χ0n) is 20.9. The van der Waals surface area contributed by atoms with E-state index in [0.29, 0.717) is 0 Å².